The molecule has 4 rings (SSSR count). The Bertz CT molecular complexity index is 815. The minimum absolute atomic E-state index is 0.0210. The number of hydrogen-bond donors (Lipinski definition) is 0. The minimum atomic E-state index is -4.41. The van der Waals surface area contributed by atoms with Crippen LogP contribution in [-0.2, 0) is 13.2 Å². The van der Waals surface area contributed by atoms with E-state index < -0.39 is 24.0 Å². The number of ether oxygens (including phenoxy) is 1. The Hall–Kier alpha value is -2.51. The summed E-state index contributed by atoms with van der Waals surface area (Å²) in [5.41, 5.74) is 0.720. The van der Waals surface area contributed by atoms with Crippen molar-refractivity contribution < 1.29 is 22.7 Å². The number of alkyl halides is 3. The lowest BCUT2D eigenvalue weighted by molar-refractivity contribution is -0.198. The predicted molar refractivity (Wildman–Crippen MR) is 91.2 cm³/mol. The Kier molecular flexibility index (Phi) is 4.57. The average molecular weight is 379 g/mol. The number of fused-ring (bicyclic) bond motifs is 1. The van der Waals surface area contributed by atoms with E-state index in [1.54, 1.807) is 12.1 Å². The number of rotatable bonds is 5. The molecule has 2 heterocycles. The molecule has 5 nitrogen and oxygen atoms in total. The second-order valence-electron chi connectivity index (χ2n) is 7.02. The molecular weight excluding hydrogens is 359 g/mol. The summed E-state index contributed by atoms with van der Waals surface area (Å²) in [6.07, 6.45) is -2.59. The maximum atomic E-state index is 13.6. The van der Waals surface area contributed by atoms with Crippen LogP contribution in [-0.4, -0.2) is 39.4 Å². The lowest BCUT2D eigenvalue weighted by Crippen LogP contribution is -2.57. The molecule has 1 aromatic heterocycles. The highest BCUT2D eigenvalue weighted by Gasteiger charge is 2.52. The average Bonchev–Trinajstić information content (AvgIpc) is 3.01. The standard InChI is InChI=1S/C19H20F3N3O2/c20-19(21,22)17(13-5-4-6-13)24-9-10-25-16(18(24)26)11-14(23-25)12-27-15-7-2-1-3-8-15/h1-3,7-8,11,13,17H,4-6,9-10,12H2/t17-/m0/s1. The smallest absolute Gasteiger partial charge is 0.409 e. The molecule has 1 amide bonds. The van der Waals surface area contributed by atoms with Crippen LogP contribution in [0.25, 0.3) is 0 Å². The summed E-state index contributed by atoms with van der Waals surface area (Å²) in [6, 6.07) is 8.98. The molecule has 0 saturated heterocycles. The van der Waals surface area contributed by atoms with E-state index in [2.05, 4.69) is 5.10 Å². The molecular formula is C19H20F3N3O2. The quantitative estimate of drug-likeness (QED) is 0.797. The van der Waals surface area contributed by atoms with Gasteiger partial charge >= 0.3 is 6.18 Å². The van der Waals surface area contributed by atoms with Gasteiger partial charge in [0.15, 0.2) is 0 Å². The van der Waals surface area contributed by atoms with Crippen molar-refractivity contribution in [3.05, 3.63) is 47.8 Å². The molecule has 1 aliphatic carbocycles. The van der Waals surface area contributed by atoms with E-state index in [1.807, 2.05) is 18.2 Å². The Labute approximate surface area is 154 Å². The zero-order valence-electron chi connectivity index (χ0n) is 14.7. The number of benzene rings is 1. The van der Waals surface area contributed by atoms with E-state index in [1.165, 1.54) is 10.7 Å². The van der Waals surface area contributed by atoms with Crippen molar-refractivity contribution in [2.24, 2.45) is 5.92 Å². The molecule has 8 heteroatoms. The normalized spacial score (nSPS) is 18.8. The first-order valence-electron chi connectivity index (χ1n) is 9.06. The SMILES string of the molecule is O=C1c2cc(COc3ccccc3)nn2CCN1[C@@H](C1CCC1)C(F)(F)F. The van der Waals surface area contributed by atoms with Gasteiger partial charge in [-0.25, -0.2) is 0 Å². The van der Waals surface area contributed by atoms with Gasteiger partial charge in [-0.2, -0.15) is 18.3 Å². The molecule has 1 aliphatic heterocycles. The lowest BCUT2D eigenvalue weighted by Gasteiger charge is -2.43. The highest BCUT2D eigenvalue weighted by Crippen LogP contribution is 2.41. The molecule has 0 spiro atoms. The first-order valence-corrected chi connectivity index (χ1v) is 9.06. The van der Waals surface area contributed by atoms with Crippen LogP contribution in [0, 0.1) is 5.92 Å². The van der Waals surface area contributed by atoms with Crippen LogP contribution >= 0.6 is 0 Å². The molecule has 144 valence electrons. The molecule has 0 bridgehead atoms. The highest BCUT2D eigenvalue weighted by atomic mass is 19.4. The van der Waals surface area contributed by atoms with Gasteiger partial charge in [-0.05, 0) is 37.0 Å². The summed E-state index contributed by atoms with van der Waals surface area (Å²) in [5, 5.41) is 4.31. The lowest BCUT2D eigenvalue weighted by atomic mass is 9.78. The van der Waals surface area contributed by atoms with Crippen molar-refractivity contribution in [3.8, 4) is 5.75 Å². The second kappa shape index (κ2) is 6.90. The van der Waals surface area contributed by atoms with Crippen LogP contribution in [0.5, 0.6) is 5.75 Å². The Morgan fingerprint density at radius 1 is 1.19 bits per heavy atom. The first-order chi connectivity index (χ1) is 12.9. The van der Waals surface area contributed by atoms with E-state index in [-0.39, 0.29) is 25.4 Å². The summed E-state index contributed by atoms with van der Waals surface area (Å²) in [6.45, 7) is 0.432. The van der Waals surface area contributed by atoms with Gasteiger partial charge < -0.3 is 9.64 Å². The van der Waals surface area contributed by atoms with Crippen molar-refractivity contribution in [2.75, 3.05) is 6.54 Å². The fourth-order valence-corrected chi connectivity index (χ4v) is 3.73. The van der Waals surface area contributed by atoms with Crippen molar-refractivity contribution in [1.82, 2.24) is 14.7 Å². The van der Waals surface area contributed by atoms with E-state index in [9.17, 15) is 18.0 Å². The molecule has 1 fully saturated rings. The summed E-state index contributed by atoms with van der Waals surface area (Å²) in [5.74, 6) is -0.434. The molecule has 0 radical (unpaired) electrons. The largest absolute Gasteiger partial charge is 0.487 e. The van der Waals surface area contributed by atoms with Gasteiger partial charge in [-0.3, -0.25) is 9.48 Å². The van der Waals surface area contributed by atoms with Crippen LogP contribution in [0.15, 0.2) is 36.4 Å². The summed E-state index contributed by atoms with van der Waals surface area (Å²) < 4.78 is 47.9. The summed E-state index contributed by atoms with van der Waals surface area (Å²) >= 11 is 0. The van der Waals surface area contributed by atoms with Gasteiger partial charge in [0.25, 0.3) is 5.91 Å². The Morgan fingerprint density at radius 3 is 2.56 bits per heavy atom. The van der Waals surface area contributed by atoms with Gasteiger partial charge in [0.2, 0.25) is 0 Å². The van der Waals surface area contributed by atoms with Gasteiger partial charge in [0, 0.05) is 6.54 Å². The molecule has 1 aromatic carbocycles. The monoisotopic (exact) mass is 379 g/mol. The third-order valence-corrected chi connectivity index (χ3v) is 5.26. The highest BCUT2D eigenvalue weighted by molar-refractivity contribution is 5.93. The maximum Gasteiger partial charge on any atom is 0.409 e. The van der Waals surface area contributed by atoms with Crippen LogP contribution in [0.2, 0.25) is 0 Å². The van der Waals surface area contributed by atoms with Crippen molar-refractivity contribution in [1.29, 1.82) is 0 Å². The van der Waals surface area contributed by atoms with Gasteiger partial charge in [-0.1, -0.05) is 24.6 Å². The maximum absolute atomic E-state index is 13.6. The molecule has 0 N–H and O–H groups in total. The Balaban J connectivity index is 1.51. The zero-order valence-corrected chi connectivity index (χ0v) is 14.7. The van der Waals surface area contributed by atoms with Crippen LogP contribution in [0.4, 0.5) is 13.2 Å². The summed E-state index contributed by atoms with van der Waals surface area (Å²) in [7, 11) is 0. The zero-order chi connectivity index (χ0) is 19.0. The molecule has 2 aromatic rings. The number of nitrogens with zero attached hydrogens (tertiary/aromatic N) is 3. The van der Waals surface area contributed by atoms with Crippen molar-refractivity contribution in [3.63, 3.8) is 0 Å². The van der Waals surface area contributed by atoms with Gasteiger partial charge in [-0.15, -0.1) is 0 Å². The third kappa shape index (κ3) is 3.52. The number of halogens is 3. The number of aromatic nitrogens is 2. The predicted octanol–water partition coefficient (Wildman–Crippen LogP) is 3.65. The number of carbonyl (C=O) groups excluding carboxylic acids is 1. The number of para-hydroxylation sites is 1. The number of hydrogen-bond acceptors (Lipinski definition) is 3. The van der Waals surface area contributed by atoms with Crippen LogP contribution in [0.1, 0.15) is 35.4 Å². The summed E-state index contributed by atoms with van der Waals surface area (Å²) in [4.78, 5) is 13.7. The molecule has 1 saturated carbocycles. The molecule has 27 heavy (non-hydrogen) atoms. The Morgan fingerprint density at radius 2 is 1.93 bits per heavy atom. The molecule has 1 atom stereocenters. The molecule has 0 unspecified atom stereocenters. The fourth-order valence-electron chi connectivity index (χ4n) is 3.73. The van der Waals surface area contributed by atoms with Crippen LogP contribution < -0.4 is 4.74 Å². The van der Waals surface area contributed by atoms with E-state index in [0.29, 0.717) is 24.3 Å². The van der Waals surface area contributed by atoms with E-state index in [0.717, 1.165) is 11.3 Å². The minimum Gasteiger partial charge on any atom is -0.487 e. The van der Waals surface area contributed by atoms with E-state index >= 15 is 0 Å². The van der Waals surface area contributed by atoms with Crippen LogP contribution in [0.3, 0.4) is 0 Å². The van der Waals surface area contributed by atoms with E-state index in [4.69, 9.17) is 4.74 Å². The van der Waals surface area contributed by atoms with Crippen molar-refractivity contribution >= 4 is 5.91 Å². The number of amides is 1. The second-order valence-corrected chi connectivity index (χ2v) is 7.02. The topological polar surface area (TPSA) is 47.4 Å². The van der Waals surface area contributed by atoms with Gasteiger partial charge in [0.1, 0.15) is 29.8 Å². The van der Waals surface area contributed by atoms with Crippen molar-refractivity contribution in [2.45, 2.75) is 44.6 Å². The van der Waals surface area contributed by atoms with Gasteiger partial charge in [0.05, 0.1) is 6.54 Å². The fraction of sp³-hybridized carbons (Fsp3) is 0.474. The number of carbonyl (C=O) groups is 1. The first kappa shape index (κ1) is 17.9. The molecule has 2 aliphatic rings. The third-order valence-electron chi connectivity index (χ3n) is 5.26.